The third-order valence-electron chi connectivity index (χ3n) is 3.91. The van der Waals surface area contributed by atoms with Crippen LogP contribution in [0.1, 0.15) is 17.5 Å². The van der Waals surface area contributed by atoms with Crippen LogP contribution in [-0.4, -0.2) is 18.4 Å². The van der Waals surface area contributed by atoms with Crippen LogP contribution in [0.2, 0.25) is 0 Å². The number of thioether (sulfide) groups is 1. The van der Waals surface area contributed by atoms with Gasteiger partial charge in [-0.05, 0) is 48.6 Å². The van der Waals surface area contributed by atoms with E-state index in [-0.39, 0.29) is 6.04 Å². The molecule has 1 heterocycles. The van der Waals surface area contributed by atoms with E-state index < -0.39 is 0 Å². The highest BCUT2D eigenvalue weighted by Gasteiger charge is 2.23. The monoisotopic (exact) mass is 299 g/mol. The molecule has 2 N–H and O–H groups in total. The molecule has 0 spiro atoms. The van der Waals surface area contributed by atoms with Gasteiger partial charge in [0.25, 0.3) is 0 Å². The molecule has 2 unspecified atom stereocenters. The van der Waals surface area contributed by atoms with Crippen LogP contribution in [-0.2, 0) is 12.8 Å². The first-order valence-corrected chi connectivity index (χ1v) is 8.25. The summed E-state index contributed by atoms with van der Waals surface area (Å²) in [4.78, 5) is 1.43. The van der Waals surface area contributed by atoms with Crippen molar-refractivity contribution in [1.82, 2.24) is 0 Å². The summed E-state index contributed by atoms with van der Waals surface area (Å²) < 4.78 is 5.27. The topological polar surface area (TPSA) is 35.2 Å². The summed E-state index contributed by atoms with van der Waals surface area (Å²) in [6, 6.07) is 17.1. The maximum atomic E-state index is 6.36. The first-order valence-electron chi connectivity index (χ1n) is 7.37. The predicted molar refractivity (Wildman–Crippen MR) is 89.1 cm³/mol. The molecule has 21 heavy (non-hydrogen) atoms. The minimum Gasteiger partial charge on any atom is -0.497 e. The molecule has 0 fully saturated rings. The van der Waals surface area contributed by atoms with Gasteiger partial charge in [0.05, 0.1) is 7.11 Å². The summed E-state index contributed by atoms with van der Waals surface area (Å²) in [7, 11) is 1.70. The molecular weight excluding hydrogens is 278 g/mol. The molecule has 2 atom stereocenters. The Bertz CT molecular complexity index is 589. The van der Waals surface area contributed by atoms with Crippen molar-refractivity contribution in [3.05, 3.63) is 59.7 Å². The zero-order valence-electron chi connectivity index (χ0n) is 12.3. The summed E-state index contributed by atoms with van der Waals surface area (Å²) in [6.45, 7) is 0. The van der Waals surface area contributed by atoms with Crippen LogP contribution >= 0.6 is 11.8 Å². The van der Waals surface area contributed by atoms with Crippen molar-refractivity contribution in [2.45, 2.75) is 35.4 Å². The van der Waals surface area contributed by atoms with Crippen molar-refractivity contribution in [1.29, 1.82) is 0 Å². The lowest BCUT2D eigenvalue weighted by atomic mass is 9.99. The van der Waals surface area contributed by atoms with Gasteiger partial charge >= 0.3 is 0 Å². The number of hydrogen-bond acceptors (Lipinski definition) is 3. The van der Waals surface area contributed by atoms with E-state index in [0.29, 0.717) is 5.25 Å². The lowest BCUT2D eigenvalue weighted by Crippen LogP contribution is -2.27. The largest absolute Gasteiger partial charge is 0.497 e. The van der Waals surface area contributed by atoms with Gasteiger partial charge in [-0.3, -0.25) is 0 Å². The molecule has 2 aromatic rings. The number of methoxy groups -OCH3 is 1. The maximum Gasteiger partial charge on any atom is 0.119 e. The van der Waals surface area contributed by atoms with Gasteiger partial charge in [0.1, 0.15) is 5.75 Å². The lowest BCUT2D eigenvalue weighted by molar-refractivity contribution is 0.414. The van der Waals surface area contributed by atoms with E-state index in [2.05, 4.69) is 36.4 Å². The Morgan fingerprint density at radius 2 is 2.10 bits per heavy atom. The van der Waals surface area contributed by atoms with Gasteiger partial charge in [-0.15, -0.1) is 11.8 Å². The van der Waals surface area contributed by atoms with Crippen molar-refractivity contribution in [2.24, 2.45) is 5.73 Å². The maximum absolute atomic E-state index is 6.36. The minimum absolute atomic E-state index is 0.198. The minimum atomic E-state index is 0.198. The second kappa shape index (κ2) is 6.54. The molecule has 0 bridgehead atoms. The van der Waals surface area contributed by atoms with E-state index >= 15 is 0 Å². The van der Waals surface area contributed by atoms with Crippen LogP contribution < -0.4 is 10.5 Å². The molecule has 0 amide bonds. The normalized spacial score (nSPS) is 18.3. The molecular formula is C18H21NOS. The fourth-order valence-electron chi connectivity index (χ4n) is 2.91. The zero-order chi connectivity index (χ0) is 14.7. The standard InChI is InChI=1S/C18H21NOS/c1-20-16-7-4-5-13(10-16)9-15(19)12-17-11-14-6-2-3-8-18(14)21-17/h2-8,10,15,17H,9,11-12,19H2,1H3. The molecule has 0 radical (unpaired) electrons. The Balaban J connectivity index is 1.56. The average molecular weight is 299 g/mol. The van der Waals surface area contributed by atoms with Crippen molar-refractivity contribution in [3.63, 3.8) is 0 Å². The van der Waals surface area contributed by atoms with Crippen LogP contribution in [0.4, 0.5) is 0 Å². The molecule has 1 aliphatic heterocycles. The third-order valence-corrected chi connectivity index (χ3v) is 5.26. The van der Waals surface area contributed by atoms with Crippen molar-refractivity contribution >= 4 is 11.8 Å². The van der Waals surface area contributed by atoms with Gasteiger partial charge < -0.3 is 10.5 Å². The molecule has 0 aliphatic carbocycles. The first kappa shape index (κ1) is 14.5. The quantitative estimate of drug-likeness (QED) is 0.915. The Labute approximate surface area is 130 Å². The lowest BCUT2D eigenvalue weighted by Gasteiger charge is -2.16. The first-order chi connectivity index (χ1) is 10.2. The molecule has 0 saturated heterocycles. The number of rotatable bonds is 5. The SMILES string of the molecule is COc1cccc(CC(N)CC2Cc3ccccc3S2)c1. The van der Waals surface area contributed by atoms with Crippen LogP contribution in [0.25, 0.3) is 0 Å². The highest BCUT2D eigenvalue weighted by atomic mass is 32.2. The van der Waals surface area contributed by atoms with E-state index in [9.17, 15) is 0 Å². The molecule has 2 nitrogen and oxygen atoms in total. The van der Waals surface area contributed by atoms with Gasteiger partial charge in [0.2, 0.25) is 0 Å². The predicted octanol–water partition coefficient (Wildman–Crippen LogP) is 3.67. The summed E-state index contributed by atoms with van der Waals surface area (Å²) in [5, 5.41) is 0.614. The number of ether oxygens (including phenoxy) is 1. The van der Waals surface area contributed by atoms with Crippen LogP contribution in [0, 0.1) is 0 Å². The van der Waals surface area contributed by atoms with E-state index in [1.165, 1.54) is 16.0 Å². The molecule has 3 heteroatoms. The number of hydrogen-bond donors (Lipinski definition) is 1. The third kappa shape index (κ3) is 3.60. The Kier molecular flexibility index (Phi) is 4.51. The van der Waals surface area contributed by atoms with E-state index in [1.807, 2.05) is 23.9 Å². The van der Waals surface area contributed by atoms with Gasteiger partial charge in [-0.2, -0.15) is 0 Å². The van der Waals surface area contributed by atoms with Gasteiger partial charge in [-0.1, -0.05) is 30.3 Å². The highest BCUT2D eigenvalue weighted by molar-refractivity contribution is 8.00. The van der Waals surface area contributed by atoms with Crippen molar-refractivity contribution < 1.29 is 4.74 Å². The molecule has 3 rings (SSSR count). The fraction of sp³-hybridized carbons (Fsp3) is 0.333. The second-order valence-electron chi connectivity index (χ2n) is 5.60. The van der Waals surface area contributed by atoms with Crippen molar-refractivity contribution in [3.8, 4) is 5.75 Å². The second-order valence-corrected chi connectivity index (χ2v) is 6.95. The zero-order valence-corrected chi connectivity index (χ0v) is 13.1. The Morgan fingerprint density at radius 3 is 2.90 bits per heavy atom. The summed E-state index contributed by atoms with van der Waals surface area (Å²) in [5.74, 6) is 0.905. The average Bonchev–Trinajstić information content (AvgIpc) is 2.89. The van der Waals surface area contributed by atoms with Crippen molar-refractivity contribution in [2.75, 3.05) is 7.11 Å². The number of fused-ring (bicyclic) bond motifs is 1. The van der Waals surface area contributed by atoms with E-state index in [0.717, 1.165) is 25.0 Å². The smallest absolute Gasteiger partial charge is 0.119 e. The highest BCUT2D eigenvalue weighted by Crippen LogP contribution is 2.38. The number of benzene rings is 2. The van der Waals surface area contributed by atoms with Gasteiger partial charge in [0, 0.05) is 16.2 Å². The van der Waals surface area contributed by atoms with Crippen LogP contribution in [0.15, 0.2) is 53.4 Å². The van der Waals surface area contributed by atoms with Gasteiger partial charge in [-0.25, -0.2) is 0 Å². The Morgan fingerprint density at radius 1 is 1.24 bits per heavy atom. The molecule has 110 valence electrons. The number of nitrogens with two attached hydrogens (primary N) is 1. The summed E-state index contributed by atoms with van der Waals surface area (Å²) in [6.07, 6.45) is 3.10. The molecule has 0 saturated carbocycles. The summed E-state index contributed by atoms with van der Waals surface area (Å²) >= 11 is 1.98. The molecule has 0 aromatic heterocycles. The summed E-state index contributed by atoms with van der Waals surface area (Å²) in [5.41, 5.74) is 9.08. The van der Waals surface area contributed by atoms with E-state index in [4.69, 9.17) is 10.5 Å². The fourth-order valence-corrected chi connectivity index (χ4v) is 4.33. The molecule has 2 aromatic carbocycles. The Hall–Kier alpha value is -1.45. The van der Waals surface area contributed by atoms with Gasteiger partial charge in [0.15, 0.2) is 0 Å². The molecule has 1 aliphatic rings. The van der Waals surface area contributed by atoms with Crippen LogP contribution in [0.5, 0.6) is 5.75 Å². The van der Waals surface area contributed by atoms with E-state index in [1.54, 1.807) is 7.11 Å². The van der Waals surface area contributed by atoms with Crippen LogP contribution in [0.3, 0.4) is 0 Å².